The smallest absolute Gasteiger partial charge is 0.327 e. The van der Waals surface area contributed by atoms with Crippen molar-refractivity contribution in [3.05, 3.63) is 0 Å². The third kappa shape index (κ3) is 3.58. The predicted molar refractivity (Wildman–Crippen MR) is 78.7 cm³/mol. The molecule has 0 aromatic heterocycles. The van der Waals surface area contributed by atoms with Gasteiger partial charge in [-0.05, 0) is 19.8 Å². The molecular formula is C13H24N2O4S. The van der Waals surface area contributed by atoms with Crippen LogP contribution in [0.5, 0.6) is 0 Å². The maximum absolute atomic E-state index is 12.7. The molecule has 1 heterocycles. The number of rotatable bonds is 5. The molecule has 0 bridgehead atoms. The molecule has 1 rings (SSSR count). The van der Waals surface area contributed by atoms with E-state index < -0.39 is 12.0 Å². The lowest BCUT2D eigenvalue weighted by molar-refractivity contribution is -0.141. The van der Waals surface area contributed by atoms with Crippen LogP contribution in [0.2, 0.25) is 0 Å². The number of carbonyl (C=O) groups excluding carboxylic acids is 1. The number of hydrogen-bond acceptors (Lipinski definition) is 4. The van der Waals surface area contributed by atoms with Crippen molar-refractivity contribution in [1.82, 2.24) is 9.80 Å². The van der Waals surface area contributed by atoms with Crippen LogP contribution in [0.15, 0.2) is 0 Å². The van der Waals surface area contributed by atoms with Crippen LogP contribution in [0.25, 0.3) is 0 Å². The van der Waals surface area contributed by atoms with E-state index in [-0.39, 0.29) is 36.5 Å². The molecule has 0 aromatic rings. The highest BCUT2D eigenvalue weighted by Gasteiger charge is 2.44. The molecule has 2 amide bonds. The van der Waals surface area contributed by atoms with Crippen LogP contribution in [0.4, 0.5) is 4.79 Å². The van der Waals surface area contributed by atoms with Crippen molar-refractivity contribution in [2.24, 2.45) is 5.92 Å². The van der Waals surface area contributed by atoms with Crippen LogP contribution in [-0.2, 0) is 4.79 Å². The van der Waals surface area contributed by atoms with Gasteiger partial charge in [-0.1, -0.05) is 13.8 Å². The first-order valence-corrected chi connectivity index (χ1v) is 7.90. The number of carboxylic acid groups (broad SMARTS) is 1. The van der Waals surface area contributed by atoms with Gasteiger partial charge in [0.05, 0.1) is 12.0 Å². The molecule has 0 spiro atoms. The highest BCUT2D eigenvalue weighted by atomic mass is 32.2. The van der Waals surface area contributed by atoms with Gasteiger partial charge in [-0.3, -0.25) is 4.90 Å². The van der Waals surface area contributed by atoms with Gasteiger partial charge in [0.25, 0.3) is 0 Å². The summed E-state index contributed by atoms with van der Waals surface area (Å²) in [5, 5.41) is 18.3. The van der Waals surface area contributed by atoms with E-state index >= 15 is 0 Å². The van der Waals surface area contributed by atoms with E-state index in [2.05, 4.69) is 0 Å². The van der Waals surface area contributed by atoms with Crippen LogP contribution >= 0.6 is 11.8 Å². The molecule has 2 unspecified atom stereocenters. The maximum Gasteiger partial charge on any atom is 0.327 e. The summed E-state index contributed by atoms with van der Waals surface area (Å²) in [5.41, 5.74) is 0. The summed E-state index contributed by atoms with van der Waals surface area (Å²) in [7, 11) is 0. The summed E-state index contributed by atoms with van der Waals surface area (Å²) in [4.78, 5) is 27.0. The summed E-state index contributed by atoms with van der Waals surface area (Å²) in [5.74, 6) is -0.382. The first-order valence-electron chi connectivity index (χ1n) is 6.85. The summed E-state index contributed by atoms with van der Waals surface area (Å²) >= 11 is 1.51. The van der Waals surface area contributed by atoms with Crippen molar-refractivity contribution in [3.8, 4) is 0 Å². The lowest BCUT2D eigenvalue weighted by Gasteiger charge is -2.36. The minimum Gasteiger partial charge on any atom is -0.480 e. The zero-order chi connectivity index (χ0) is 15.4. The Labute approximate surface area is 124 Å². The number of thioether (sulfide) groups is 1. The van der Waals surface area contributed by atoms with E-state index in [1.54, 1.807) is 0 Å². The SMILES string of the molecule is CC(C)C1SCC(C(=O)O)N1C(=O)N(CCO)C(C)C. The van der Waals surface area contributed by atoms with E-state index in [1.807, 2.05) is 27.7 Å². The van der Waals surface area contributed by atoms with Gasteiger partial charge in [0.15, 0.2) is 0 Å². The van der Waals surface area contributed by atoms with Crippen molar-refractivity contribution in [2.45, 2.75) is 45.2 Å². The third-order valence-electron chi connectivity index (χ3n) is 3.32. The number of urea groups is 1. The summed E-state index contributed by atoms with van der Waals surface area (Å²) in [6.07, 6.45) is 0. The van der Waals surface area contributed by atoms with Crippen LogP contribution in [0, 0.1) is 5.92 Å². The van der Waals surface area contributed by atoms with Crippen molar-refractivity contribution >= 4 is 23.8 Å². The van der Waals surface area contributed by atoms with Gasteiger partial charge >= 0.3 is 12.0 Å². The molecular weight excluding hydrogens is 280 g/mol. The Morgan fingerprint density at radius 3 is 2.35 bits per heavy atom. The zero-order valence-corrected chi connectivity index (χ0v) is 13.3. The molecule has 1 aliphatic heterocycles. The number of aliphatic carboxylic acids is 1. The van der Waals surface area contributed by atoms with E-state index in [0.29, 0.717) is 5.75 Å². The standard InChI is InChI=1S/C13H24N2O4S/c1-8(2)11-15(10(7-20-11)12(17)18)13(19)14(5-6-16)9(3)4/h8-11,16H,5-7H2,1-4H3,(H,17,18). The topological polar surface area (TPSA) is 81.1 Å². The molecule has 1 fully saturated rings. The molecule has 6 nitrogen and oxygen atoms in total. The molecule has 20 heavy (non-hydrogen) atoms. The Morgan fingerprint density at radius 2 is 1.95 bits per heavy atom. The Hall–Kier alpha value is -0.950. The number of carbonyl (C=O) groups is 2. The van der Waals surface area contributed by atoms with Crippen LogP contribution in [0.3, 0.4) is 0 Å². The average Bonchev–Trinajstić information content (AvgIpc) is 2.79. The van der Waals surface area contributed by atoms with Gasteiger partial charge in [0.2, 0.25) is 0 Å². The van der Waals surface area contributed by atoms with Gasteiger partial charge in [-0.15, -0.1) is 11.8 Å². The van der Waals surface area contributed by atoms with Gasteiger partial charge in [0, 0.05) is 18.3 Å². The van der Waals surface area contributed by atoms with Gasteiger partial charge in [-0.2, -0.15) is 0 Å². The predicted octanol–water partition coefficient (Wildman–Crippen LogP) is 1.29. The fraction of sp³-hybridized carbons (Fsp3) is 0.846. The molecule has 0 aliphatic carbocycles. The van der Waals surface area contributed by atoms with Crippen molar-refractivity contribution in [3.63, 3.8) is 0 Å². The Balaban J connectivity index is 3.01. The minimum atomic E-state index is -0.971. The van der Waals surface area contributed by atoms with Gasteiger partial charge in [0.1, 0.15) is 6.04 Å². The molecule has 0 radical (unpaired) electrons. The highest BCUT2D eigenvalue weighted by Crippen LogP contribution is 2.35. The van der Waals surface area contributed by atoms with E-state index in [9.17, 15) is 14.7 Å². The Bertz CT molecular complexity index is 362. The van der Waals surface area contributed by atoms with Crippen molar-refractivity contribution < 1.29 is 19.8 Å². The molecule has 0 aromatic carbocycles. The number of nitrogens with zero attached hydrogens (tertiary/aromatic N) is 2. The molecule has 0 saturated carbocycles. The summed E-state index contributed by atoms with van der Waals surface area (Å²) < 4.78 is 0. The fourth-order valence-corrected chi connectivity index (χ4v) is 3.77. The Kier molecular flexibility index (Phi) is 6.13. The largest absolute Gasteiger partial charge is 0.480 e. The monoisotopic (exact) mass is 304 g/mol. The molecule has 1 aliphatic rings. The second kappa shape index (κ2) is 7.17. The lowest BCUT2D eigenvalue weighted by atomic mass is 10.1. The third-order valence-corrected chi connectivity index (χ3v) is 4.94. The molecule has 2 atom stereocenters. The second-order valence-electron chi connectivity index (χ2n) is 5.52. The van der Waals surface area contributed by atoms with E-state index in [0.717, 1.165) is 0 Å². The fourth-order valence-electron chi connectivity index (χ4n) is 2.30. The quantitative estimate of drug-likeness (QED) is 0.800. The molecule has 116 valence electrons. The first-order chi connectivity index (χ1) is 9.31. The van der Waals surface area contributed by atoms with Crippen molar-refractivity contribution in [1.29, 1.82) is 0 Å². The van der Waals surface area contributed by atoms with E-state index in [4.69, 9.17) is 5.11 Å². The summed E-state index contributed by atoms with van der Waals surface area (Å²) in [6.45, 7) is 7.76. The molecule has 7 heteroatoms. The molecule has 2 N–H and O–H groups in total. The lowest BCUT2D eigenvalue weighted by Crippen LogP contribution is -2.54. The minimum absolute atomic E-state index is 0.0810. The number of aliphatic hydroxyl groups is 1. The van der Waals surface area contributed by atoms with Gasteiger partial charge < -0.3 is 15.1 Å². The second-order valence-corrected chi connectivity index (χ2v) is 6.67. The normalized spacial score (nSPS) is 22.6. The number of carboxylic acids is 1. The summed E-state index contributed by atoms with van der Waals surface area (Å²) in [6, 6.07) is -1.17. The van der Waals surface area contributed by atoms with Crippen LogP contribution < -0.4 is 0 Å². The van der Waals surface area contributed by atoms with Crippen LogP contribution in [0.1, 0.15) is 27.7 Å². The van der Waals surface area contributed by atoms with Gasteiger partial charge in [-0.25, -0.2) is 9.59 Å². The van der Waals surface area contributed by atoms with E-state index in [1.165, 1.54) is 21.6 Å². The van der Waals surface area contributed by atoms with Crippen LogP contribution in [-0.4, -0.2) is 68.4 Å². The average molecular weight is 304 g/mol. The molecule has 1 saturated heterocycles. The number of aliphatic hydroxyl groups excluding tert-OH is 1. The number of amides is 2. The Morgan fingerprint density at radius 1 is 1.35 bits per heavy atom. The zero-order valence-electron chi connectivity index (χ0n) is 12.4. The highest BCUT2D eigenvalue weighted by molar-refractivity contribution is 8.00. The maximum atomic E-state index is 12.7. The number of hydrogen-bond donors (Lipinski definition) is 2. The van der Waals surface area contributed by atoms with Crippen molar-refractivity contribution in [2.75, 3.05) is 18.9 Å². The first kappa shape index (κ1) is 17.1.